The second-order valence-electron chi connectivity index (χ2n) is 5.74. The number of rotatable bonds is 4. The van der Waals surface area contributed by atoms with E-state index in [0.29, 0.717) is 37.6 Å². The first kappa shape index (κ1) is 16.9. The fourth-order valence-corrected chi connectivity index (χ4v) is 3.80. The van der Waals surface area contributed by atoms with E-state index in [1.165, 1.54) is 17.0 Å². The lowest BCUT2D eigenvalue weighted by atomic mass is 10.2. The lowest BCUT2D eigenvalue weighted by Gasteiger charge is -2.26. The zero-order valence-electron chi connectivity index (χ0n) is 13.3. The minimum Gasteiger partial charge on any atom is -0.378 e. The van der Waals surface area contributed by atoms with Crippen molar-refractivity contribution in [2.75, 3.05) is 44.8 Å². The first-order valence-corrected chi connectivity index (χ1v) is 9.11. The van der Waals surface area contributed by atoms with Gasteiger partial charge >= 0.3 is 0 Å². The van der Waals surface area contributed by atoms with Gasteiger partial charge in [0.1, 0.15) is 0 Å². The Bertz CT molecular complexity index is 771. The fourth-order valence-electron chi connectivity index (χ4n) is 2.78. The third kappa shape index (κ3) is 3.28. The molecule has 0 atom stereocenters. The van der Waals surface area contributed by atoms with Gasteiger partial charge in [-0.3, -0.25) is 9.59 Å². The van der Waals surface area contributed by atoms with E-state index in [1.54, 1.807) is 18.0 Å². The maximum absolute atomic E-state index is 12.4. The standard InChI is InChI=1S/C15H19N3O5S/c1-17-13-3-2-12(8-11(13)9-14(17)19)24(21,22)16-10-15(20)18-4-6-23-7-5-18/h2-3,8,16H,4-7,9-10H2,1H3. The number of carbonyl (C=O) groups excluding carboxylic acids is 2. The van der Waals surface area contributed by atoms with Crippen LogP contribution in [0.4, 0.5) is 5.69 Å². The van der Waals surface area contributed by atoms with Crippen LogP contribution < -0.4 is 9.62 Å². The molecule has 2 aliphatic rings. The molecule has 8 nitrogen and oxygen atoms in total. The first-order chi connectivity index (χ1) is 11.4. The van der Waals surface area contributed by atoms with Crippen molar-refractivity contribution < 1.29 is 22.7 Å². The summed E-state index contributed by atoms with van der Waals surface area (Å²) in [5.74, 6) is -0.354. The van der Waals surface area contributed by atoms with Crippen LogP contribution in [0.3, 0.4) is 0 Å². The van der Waals surface area contributed by atoms with Crippen molar-refractivity contribution in [2.24, 2.45) is 0 Å². The Labute approximate surface area is 140 Å². The van der Waals surface area contributed by atoms with Crippen molar-refractivity contribution in [1.29, 1.82) is 0 Å². The normalized spacial score (nSPS) is 18.0. The number of hydrogen-bond donors (Lipinski definition) is 1. The Morgan fingerprint density at radius 1 is 1.29 bits per heavy atom. The summed E-state index contributed by atoms with van der Waals surface area (Å²) in [5, 5.41) is 0. The molecule has 2 aliphatic heterocycles. The quantitative estimate of drug-likeness (QED) is 0.775. The van der Waals surface area contributed by atoms with Gasteiger partial charge in [-0.1, -0.05) is 0 Å². The number of ether oxygens (including phenoxy) is 1. The molecule has 1 saturated heterocycles. The highest BCUT2D eigenvalue weighted by Gasteiger charge is 2.27. The SMILES string of the molecule is CN1C(=O)Cc2cc(S(=O)(=O)NCC(=O)N3CCOCC3)ccc21. The van der Waals surface area contributed by atoms with Gasteiger partial charge in [0.05, 0.1) is 31.1 Å². The summed E-state index contributed by atoms with van der Waals surface area (Å²) < 4.78 is 32.2. The van der Waals surface area contributed by atoms with Crippen LogP contribution >= 0.6 is 0 Å². The molecule has 1 fully saturated rings. The number of carbonyl (C=O) groups is 2. The molecule has 0 saturated carbocycles. The van der Waals surface area contributed by atoms with Crippen LogP contribution in [0, 0.1) is 0 Å². The predicted octanol–water partition coefficient (Wildman–Crippen LogP) is -0.657. The predicted molar refractivity (Wildman–Crippen MR) is 86.1 cm³/mol. The van der Waals surface area contributed by atoms with Gasteiger partial charge in [-0.25, -0.2) is 13.1 Å². The summed E-state index contributed by atoms with van der Waals surface area (Å²) in [4.78, 5) is 26.9. The molecule has 2 amide bonds. The van der Waals surface area contributed by atoms with Crippen LogP contribution in [0.5, 0.6) is 0 Å². The Kier molecular flexibility index (Phi) is 4.57. The molecule has 1 aromatic carbocycles. The van der Waals surface area contributed by atoms with Gasteiger partial charge in [0, 0.05) is 25.8 Å². The van der Waals surface area contributed by atoms with Gasteiger partial charge in [-0.15, -0.1) is 0 Å². The van der Waals surface area contributed by atoms with E-state index in [-0.39, 0.29) is 29.7 Å². The maximum Gasteiger partial charge on any atom is 0.241 e. The molecule has 0 bridgehead atoms. The van der Waals surface area contributed by atoms with Crippen molar-refractivity contribution in [3.8, 4) is 0 Å². The summed E-state index contributed by atoms with van der Waals surface area (Å²) in [6.07, 6.45) is 0.182. The molecule has 1 aromatic rings. The molecule has 1 N–H and O–H groups in total. The Balaban J connectivity index is 1.69. The summed E-state index contributed by atoms with van der Waals surface area (Å²) in [7, 11) is -2.15. The Hall–Kier alpha value is -1.97. The van der Waals surface area contributed by atoms with Gasteiger partial charge in [0.25, 0.3) is 0 Å². The van der Waals surface area contributed by atoms with Crippen molar-refractivity contribution >= 4 is 27.5 Å². The number of amides is 2. The molecule has 24 heavy (non-hydrogen) atoms. The summed E-state index contributed by atoms with van der Waals surface area (Å²) in [6.45, 7) is 1.57. The largest absolute Gasteiger partial charge is 0.378 e. The molecule has 0 aliphatic carbocycles. The minimum absolute atomic E-state index is 0.0547. The number of sulfonamides is 1. The monoisotopic (exact) mass is 353 g/mol. The second-order valence-corrected chi connectivity index (χ2v) is 7.50. The topological polar surface area (TPSA) is 96.0 Å². The average molecular weight is 353 g/mol. The van der Waals surface area contributed by atoms with E-state index in [2.05, 4.69) is 4.72 Å². The van der Waals surface area contributed by atoms with Crippen molar-refractivity contribution in [3.05, 3.63) is 23.8 Å². The maximum atomic E-state index is 12.4. The molecule has 0 radical (unpaired) electrons. The zero-order chi connectivity index (χ0) is 17.3. The number of hydrogen-bond acceptors (Lipinski definition) is 5. The van der Waals surface area contributed by atoms with Crippen LogP contribution in [0.2, 0.25) is 0 Å². The summed E-state index contributed by atoms with van der Waals surface area (Å²) in [6, 6.07) is 4.53. The van der Waals surface area contributed by atoms with Crippen LogP contribution in [-0.2, 0) is 30.8 Å². The second kappa shape index (κ2) is 6.50. The van der Waals surface area contributed by atoms with E-state index in [9.17, 15) is 18.0 Å². The number of morpholine rings is 1. The summed E-state index contributed by atoms with van der Waals surface area (Å²) in [5.41, 5.74) is 1.38. The molecule has 0 spiro atoms. The van der Waals surface area contributed by atoms with Crippen LogP contribution in [0.15, 0.2) is 23.1 Å². The molecular weight excluding hydrogens is 334 g/mol. The van der Waals surface area contributed by atoms with E-state index < -0.39 is 10.0 Å². The van der Waals surface area contributed by atoms with Crippen molar-refractivity contribution in [1.82, 2.24) is 9.62 Å². The van der Waals surface area contributed by atoms with Crippen molar-refractivity contribution in [2.45, 2.75) is 11.3 Å². The molecule has 0 unspecified atom stereocenters. The fraction of sp³-hybridized carbons (Fsp3) is 0.467. The molecule has 0 aromatic heterocycles. The molecule has 3 rings (SSSR count). The van der Waals surface area contributed by atoms with E-state index >= 15 is 0 Å². The Morgan fingerprint density at radius 2 is 2.00 bits per heavy atom. The van der Waals surface area contributed by atoms with Gasteiger partial charge in [-0.2, -0.15) is 0 Å². The zero-order valence-corrected chi connectivity index (χ0v) is 14.1. The van der Waals surface area contributed by atoms with Gasteiger partial charge in [0.15, 0.2) is 0 Å². The molecule has 2 heterocycles. The van der Waals surface area contributed by atoms with Gasteiger partial charge in [-0.05, 0) is 23.8 Å². The Morgan fingerprint density at radius 3 is 2.71 bits per heavy atom. The first-order valence-electron chi connectivity index (χ1n) is 7.63. The van der Waals surface area contributed by atoms with Gasteiger partial charge in [0.2, 0.25) is 21.8 Å². The van der Waals surface area contributed by atoms with E-state index in [4.69, 9.17) is 4.74 Å². The number of benzene rings is 1. The lowest BCUT2D eigenvalue weighted by Crippen LogP contribution is -2.45. The van der Waals surface area contributed by atoms with Gasteiger partial charge < -0.3 is 14.5 Å². The number of nitrogens with zero attached hydrogens (tertiary/aromatic N) is 2. The summed E-state index contributed by atoms with van der Waals surface area (Å²) >= 11 is 0. The van der Waals surface area contributed by atoms with E-state index in [0.717, 1.165) is 0 Å². The molecule has 130 valence electrons. The highest BCUT2D eigenvalue weighted by molar-refractivity contribution is 7.89. The number of likely N-dealkylation sites (N-methyl/N-ethyl adjacent to an activating group) is 1. The van der Waals surface area contributed by atoms with Crippen LogP contribution in [-0.4, -0.2) is 65.0 Å². The highest BCUT2D eigenvalue weighted by Crippen LogP contribution is 2.29. The van der Waals surface area contributed by atoms with E-state index in [1.807, 2.05) is 0 Å². The minimum atomic E-state index is -3.81. The number of fused-ring (bicyclic) bond motifs is 1. The smallest absolute Gasteiger partial charge is 0.241 e. The average Bonchev–Trinajstić information content (AvgIpc) is 2.87. The van der Waals surface area contributed by atoms with Crippen molar-refractivity contribution in [3.63, 3.8) is 0 Å². The molecular formula is C15H19N3O5S. The number of nitrogens with one attached hydrogen (secondary N) is 1. The molecule has 9 heteroatoms. The third-order valence-electron chi connectivity index (χ3n) is 4.22. The third-order valence-corrected chi connectivity index (χ3v) is 5.61. The van der Waals surface area contributed by atoms with Crippen LogP contribution in [0.25, 0.3) is 0 Å². The number of anilines is 1. The lowest BCUT2D eigenvalue weighted by molar-refractivity contribution is -0.133. The highest BCUT2D eigenvalue weighted by atomic mass is 32.2. The van der Waals surface area contributed by atoms with Crippen LogP contribution in [0.1, 0.15) is 5.56 Å².